The summed E-state index contributed by atoms with van der Waals surface area (Å²) in [7, 11) is 0. The Bertz CT molecular complexity index is 1360. The van der Waals surface area contributed by atoms with Crippen LogP contribution in [0.2, 0.25) is 0 Å². The Balaban J connectivity index is 1.37. The molecule has 3 heterocycles. The van der Waals surface area contributed by atoms with E-state index in [2.05, 4.69) is 9.88 Å². The van der Waals surface area contributed by atoms with Crippen LogP contribution in [0.3, 0.4) is 0 Å². The number of hydrogen-bond donors (Lipinski definition) is 0. The van der Waals surface area contributed by atoms with Gasteiger partial charge in [0.05, 0.1) is 23.8 Å². The molecule has 184 valence electrons. The summed E-state index contributed by atoms with van der Waals surface area (Å²) >= 11 is 1.35. The maximum atomic E-state index is 14.5. The van der Waals surface area contributed by atoms with Gasteiger partial charge in [0.2, 0.25) is 5.91 Å². The molecule has 0 saturated carbocycles. The van der Waals surface area contributed by atoms with Crippen molar-refractivity contribution in [2.75, 3.05) is 44.3 Å². The maximum Gasteiger partial charge on any atom is 0.241 e. The van der Waals surface area contributed by atoms with Crippen molar-refractivity contribution in [2.45, 2.75) is 12.3 Å². The number of carbonyl (C=O) groups excluding carboxylic acids is 1. The summed E-state index contributed by atoms with van der Waals surface area (Å²) in [6.07, 6.45) is 0.774. The molecule has 1 aromatic heterocycles. The summed E-state index contributed by atoms with van der Waals surface area (Å²) in [5, 5.41) is 0.517. The monoisotopic (exact) mass is 503 g/mol. The van der Waals surface area contributed by atoms with Crippen molar-refractivity contribution in [2.24, 2.45) is 0 Å². The first-order valence-electron chi connectivity index (χ1n) is 12.2. The van der Waals surface area contributed by atoms with E-state index in [4.69, 9.17) is 9.47 Å². The molecule has 4 aromatic rings. The second-order valence-corrected chi connectivity index (χ2v) is 10.0. The van der Waals surface area contributed by atoms with Gasteiger partial charge in [0, 0.05) is 37.3 Å². The highest BCUT2D eigenvalue weighted by molar-refractivity contribution is 7.22. The first-order valence-corrected chi connectivity index (χ1v) is 13.0. The molecule has 3 aromatic carbocycles. The van der Waals surface area contributed by atoms with Crippen LogP contribution >= 0.6 is 11.3 Å². The third kappa shape index (κ3) is 4.36. The summed E-state index contributed by atoms with van der Waals surface area (Å²) in [4.78, 5) is 23.1. The van der Waals surface area contributed by atoms with E-state index < -0.39 is 5.92 Å². The summed E-state index contributed by atoms with van der Waals surface area (Å²) in [5.74, 6) is 0.361. The number of rotatable bonds is 6. The Labute approximate surface area is 212 Å². The maximum absolute atomic E-state index is 14.5. The van der Waals surface area contributed by atoms with E-state index in [9.17, 15) is 9.18 Å². The van der Waals surface area contributed by atoms with Gasteiger partial charge in [-0.15, -0.1) is 0 Å². The highest BCUT2D eigenvalue weighted by atomic mass is 32.1. The van der Waals surface area contributed by atoms with Gasteiger partial charge >= 0.3 is 0 Å². The highest BCUT2D eigenvalue weighted by Crippen LogP contribution is 2.45. The van der Waals surface area contributed by atoms with E-state index in [1.807, 2.05) is 54.6 Å². The number of nitrogens with zero attached hydrogens (tertiary/aromatic N) is 3. The lowest BCUT2D eigenvalue weighted by Crippen LogP contribution is -2.40. The zero-order valence-corrected chi connectivity index (χ0v) is 20.5. The number of hydrogen-bond acceptors (Lipinski definition) is 6. The second-order valence-electron chi connectivity index (χ2n) is 8.99. The number of ether oxygens (including phenoxy) is 2. The van der Waals surface area contributed by atoms with Crippen molar-refractivity contribution in [3.63, 3.8) is 0 Å². The van der Waals surface area contributed by atoms with Crippen molar-refractivity contribution >= 4 is 32.6 Å². The van der Waals surface area contributed by atoms with Crippen LogP contribution in [-0.2, 0) is 9.53 Å². The average Bonchev–Trinajstić information content (AvgIpc) is 3.35. The number of anilines is 1. The van der Waals surface area contributed by atoms with E-state index in [-0.39, 0.29) is 11.7 Å². The summed E-state index contributed by atoms with van der Waals surface area (Å²) in [6.45, 7) is 4.58. The number of amides is 1. The molecule has 0 bridgehead atoms. The molecule has 0 N–H and O–H groups in total. The Hall–Kier alpha value is -3.33. The smallest absolute Gasteiger partial charge is 0.241 e. The number of halogens is 1. The molecule has 2 aliphatic rings. The van der Waals surface area contributed by atoms with Gasteiger partial charge in [-0.25, -0.2) is 9.37 Å². The van der Waals surface area contributed by atoms with Gasteiger partial charge < -0.3 is 9.47 Å². The lowest BCUT2D eigenvalue weighted by molar-refractivity contribution is -0.119. The van der Waals surface area contributed by atoms with Crippen LogP contribution in [0, 0.1) is 5.82 Å². The molecule has 1 amide bonds. The first kappa shape index (κ1) is 23.1. The molecule has 1 saturated heterocycles. The first-order chi connectivity index (χ1) is 17.7. The number of para-hydroxylation sites is 3. The fraction of sp³-hybridized carbons (Fsp3) is 0.286. The zero-order chi connectivity index (χ0) is 24.5. The second kappa shape index (κ2) is 9.97. The van der Waals surface area contributed by atoms with Crippen LogP contribution < -0.4 is 9.64 Å². The number of fused-ring (bicyclic) bond motifs is 3. The molecule has 0 radical (unpaired) electrons. The van der Waals surface area contributed by atoms with Crippen molar-refractivity contribution < 1.29 is 18.7 Å². The predicted molar refractivity (Wildman–Crippen MR) is 139 cm³/mol. The quantitative estimate of drug-likeness (QED) is 0.351. The van der Waals surface area contributed by atoms with E-state index in [1.54, 1.807) is 11.0 Å². The SMILES string of the molecule is O=C(C1c2ccccc2Oc2ccccc21)N(CCCN1CCOCC1)c1nc2c(F)cccc2s1. The molecule has 8 heteroatoms. The third-order valence-electron chi connectivity index (χ3n) is 6.74. The van der Waals surface area contributed by atoms with Crippen LogP contribution in [0.15, 0.2) is 66.7 Å². The van der Waals surface area contributed by atoms with Gasteiger partial charge in [-0.2, -0.15) is 0 Å². The lowest BCUT2D eigenvalue weighted by Gasteiger charge is -2.32. The number of morpholine rings is 1. The Morgan fingerprint density at radius 2 is 1.69 bits per heavy atom. The summed E-state index contributed by atoms with van der Waals surface area (Å²) in [6, 6.07) is 20.2. The molecule has 0 spiro atoms. The number of carbonyl (C=O) groups is 1. The predicted octanol–water partition coefficient (Wildman–Crippen LogP) is 5.43. The fourth-order valence-corrected chi connectivity index (χ4v) is 5.94. The molecule has 0 unspecified atom stereocenters. The fourth-order valence-electron chi connectivity index (χ4n) is 4.93. The van der Waals surface area contributed by atoms with Gasteiger partial charge in [0.15, 0.2) is 5.13 Å². The molecular formula is C28H26FN3O3S. The standard InChI is InChI=1S/C28H26FN3O3S/c29-21-9-5-12-24-26(21)30-28(36-24)32(14-6-13-31-15-17-34-18-16-31)27(33)25-19-7-1-3-10-22(19)35-23-11-4-2-8-20(23)25/h1-5,7-12,25H,6,13-18H2. The molecule has 0 aliphatic carbocycles. The zero-order valence-electron chi connectivity index (χ0n) is 19.7. The summed E-state index contributed by atoms with van der Waals surface area (Å²) < 4.78 is 26.8. The highest BCUT2D eigenvalue weighted by Gasteiger charge is 2.36. The largest absolute Gasteiger partial charge is 0.457 e. The van der Waals surface area contributed by atoms with E-state index in [0.717, 1.165) is 55.1 Å². The van der Waals surface area contributed by atoms with Crippen molar-refractivity contribution in [1.82, 2.24) is 9.88 Å². The van der Waals surface area contributed by atoms with E-state index >= 15 is 0 Å². The van der Waals surface area contributed by atoms with Crippen LogP contribution in [0.25, 0.3) is 10.2 Å². The number of benzene rings is 3. The topological polar surface area (TPSA) is 54.9 Å². The van der Waals surface area contributed by atoms with Gasteiger partial charge in [0.25, 0.3) is 0 Å². The molecule has 6 rings (SSSR count). The van der Waals surface area contributed by atoms with E-state index in [0.29, 0.717) is 28.7 Å². The minimum absolute atomic E-state index is 0.0837. The Kier molecular flexibility index (Phi) is 6.39. The summed E-state index contributed by atoms with van der Waals surface area (Å²) in [5.41, 5.74) is 1.95. The van der Waals surface area contributed by atoms with Crippen LogP contribution in [0.5, 0.6) is 11.5 Å². The minimum atomic E-state index is -0.536. The third-order valence-corrected chi connectivity index (χ3v) is 7.79. The van der Waals surface area contributed by atoms with Crippen LogP contribution in [0.1, 0.15) is 23.5 Å². The molecular weight excluding hydrogens is 477 g/mol. The van der Waals surface area contributed by atoms with Crippen LogP contribution in [-0.4, -0.2) is 55.2 Å². The Morgan fingerprint density at radius 3 is 2.39 bits per heavy atom. The molecule has 6 nitrogen and oxygen atoms in total. The van der Waals surface area contributed by atoms with Gasteiger partial charge in [0.1, 0.15) is 22.8 Å². The number of thiazole rings is 1. The lowest BCUT2D eigenvalue weighted by atomic mass is 9.87. The minimum Gasteiger partial charge on any atom is -0.457 e. The average molecular weight is 504 g/mol. The van der Waals surface area contributed by atoms with E-state index in [1.165, 1.54) is 17.4 Å². The van der Waals surface area contributed by atoms with Crippen LogP contribution in [0.4, 0.5) is 9.52 Å². The molecule has 1 fully saturated rings. The van der Waals surface area contributed by atoms with Gasteiger partial charge in [-0.1, -0.05) is 53.8 Å². The van der Waals surface area contributed by atoms with Crippen molar-refractivity contribution in [3.8, 4) is 11.5 Å². The Morgan fingerprint density at radius 1 is 1.00 bits per heavy atom. The normalized spacial score (nSPS) is 15.8. The molecule has 36 heavy (non-hydrogen) atoms. The van der Waals surface area contributed by atoms with Crippen molar-refractivity contribution in [1.29, 1.82) is 0 Å². The number of aromatic nitrogens is 1. The van der Waals surface area contributed by atoms with Gasteiger partial charge in [-0.05, 0) is 30.7 Å². The molecule has 2 aliphatic heterocycles. The molecule has 0 atom stereocenters. The van der Waals surface area contributed by atoms with Crippen molar-refractivity contribution in [3.05, 3.63) is 83.7 Å². The van der Waals surface area contributed by atoms with Gasteiger partial charge in [-0.3, -0.25) is 14.6 Å².